The number of nitrogens with two attached hydrogens (primary N) is 2. The molecule has 0 radical (unpaired) electrons. The van der Waals surface area contributed by atoms with Crippen LogP contribution >= 0.6 is 0 Å². The molecule has 2 aromatic carbocycles. The number of ether oxygens (including phenoxy) is 1. The van der Waals surface area contributed by atoms with Gasteiger partial charge in [0.25, 0.3) is 0 Å². The van der Waals surface area contributed by atoms with Crippen LogP contribution in [0.3, 0.4) is 0 Å². The van der Waals surface area contributed by atoms with E-state index < -0.39 is 12.0 Å². The second-order valence-corrected chi connectivity index (χ2v) is 6.50. The molecule has 2 rings (SSSR count). The highest BCUT2D eigenvalue weighted by molar-refractivity contribution is 6.15. The summed E-state index contributed by atoms with van der Waals surface area (Å²) in [6, 6.07) is 11.3. The van der Waals surface area contributed by atoms with Gasteiger partial charge in [0.05, 0.1) is 5.71 Å². The maximum atomic E-state index is 12.1. The lowest BCUT2D eigenvalue weighted by Crippen LogP contribution is -2.16. The molecule has 7 heteroatoms. The number of carbonyl (C=O) groups excluding carboxylic acids is 2. The number of hydrogen-bond donors (Lipinski definition) is 4. The third-order valence-electron chi connectivity index (χ3n) is 4.31. The lowest BCUT2D eigenvalue weighted by molar-refractivity contribution is 0.1000. The van der Waals surface area contributed by atoms with E-state index in [0.29, 0.717) is 22.5 Å². The number of nitrogens with one attached hydrogen (secondary N) is 2. The minimum absolute atomic E-state index is 0.105. The number of hydrogen-bond acceptors (Lipinski definition) is 5. The summed E-state index contributed by atoms with van der Waals surface area (Å²) < 4.78 is 5.25. The summed E-state index contributed by atoms with van der Waals surface area (Å²) in [5, 5.41) is 11.1. The zero-order valence-electron chi connectivity index (χ0n) is 19.1. The number of allylic oxidation sites excluding steroid dienone is 2. The highest BCUT2D eigenvalue weighted by Gasteiger charge is 2.13. The van der Waals surface area contributed by atoms with Crippen LogP contribution < -0.4 is 16.8 Å². The first kappa shape index (κ1) is 26.2. The van der Waals surface area contributed by atoms with Gasteiger partial charge < -0.3 is 16.2 Å². The number of rotatable bonds is 8. The number of primary amides is 1. The fourth-order valence-electron chi connectivity index (χ4n) is 2.63. The molecule has 0 bridgehead atoms. The van der Waals surface area contributed by atoms with Crippen LogP contribution in [-0.4, -0.2) is 24.3 Å². The van der Waals surface area contributed by atoms with Gasteiger partial charge in [0.2, 0.25) is 5.91 Å². The normalized spacial score (nSPS) is 10.8. The average molecular weight is 437 g/mol. The van der Waals surface area contributed by atoms with E-state index in [2.05, 4.69) is 5.32 Å². The maximum absolute atomic E-state index is 12.1. The van der Waals surface area contributed by atoms with Crippen molar-refractivity contribution in [2.75, 3.05) is 17.7 Å². The summed E-state index contributed by atoms with van der Waals surface area (Å²) in [6.45, 7) is 8.06. The van der Waals surface area contributed by atoms with E-state index in [1.807, 2.05) is 45.9 Å². The summed E-state index contributed by atoms with van der Waals surface area (Å²) in [4.78, 5) is 23.6. The van der Waals surface area contributed by atoms with E-state index in [1.54, 1.807) is 24.3 Å². The molecule has 6 N–H and O–H groups in total. The van der Waals surface area contributed by atoms with E-state index in [-0.39, 0.29) is 17.9 Å². The Balaban J connectivity index is 0.00000249. The van der Waals surface area contributed by atoms with Crippen LogP contribution in [0.15, 0.2) is 66.3 Å². The molecule has 0 aliphatic carbocycles. The van der Waals surface area contributed by atoms with Crippen LogP contribution in [0.1, 0.15) is 55.6 Å². The second-order valence-electron chi connectivity index (χ2n) is 6.50. The van der Waals surface area contributed by atoms with Crippen molar-refractivity contribution in [2.24, 2.45) is 5.73 Å². The van der Waals surface area contributed by atoms with Crippen molar-refractivity contribution in [2.45, 2.75) is 34.1 Å². The molecule has 2 aromatic rings. The molecule has 0 heterocycles. The summed E-state index contributed by atoms with van der Waals surface area (Å²) in [5.74, 6) is -0.600. The van der Waals surface area contributed by atoms with Crippen LogP contribution in [0, 0.1) is 5.41 Å². The standard InChI is InChI=1S/C23H26N4O3.C2H6/c1-3-5-7-15(4-2)14-30-23(29)27-18-9-6-8-16(12-18)21(25)19-13-17(22(26)28)10-11-20(19)24;1-2/h4-13,25H,3,14,24H2,1-2H3,(H2,26,28)(H,27,29);1-2H3/b7-5-,15-4+,25-21?;. The average Bonchev–Trinajstić information content (AvgIpc) is 2.80. The topological polar surface area (TPSA) is 131 Å². The molecule has 0 atom stereocenters. The van der Waals surface area contributed by atoms with Crippen LogP contribution in [0.5, 0.6) is 0 Å². The first-order valence-corrected chi connectivity index (χ1v) is 10.5. The zero-order chi connectivity index (χ0) is 24.1. The summed E-state index contributed by atoms with van der Waals surface area (Å²) in [5.41, 5.74) is 14.3. The van der Waals surface area contributed by atoms with Gasteiger partial charge in [0.15, 0.2) is 0 Å². The molecule has 170 valence electrons. The van der Waals surface area contributed by atoms with Crippen LogP contribution in [-0.2, 0) is 4.74 Å². The Hall–Kier alpha value is -3.87. The lowest BCUT2D eigenvalue weighted by atomic mass is 9.98. The Morgan fingerprint density at radius 2 is 1.84 bits per heavy atom. The van der Waals surface area contributed by atoms with E-state index in [9.17, 15) is 9.59 Å². The van der Waals surface area contributed by atoms with Gasteiger partial charge >= 0.3 is 6.09 Å². The third-order valence-corrected chi connectivity index (χ3v) is 4.31. The van der Waals surface area contributed by atoms with Crippen molar-refractivity contribution in [1.29, 1.82) is 5.41 Å². The predicted octanol–water partition coefficient (Wildman–Crippen LogP) is 5.27. The molecule has 0 saturated carbocycles. The van der Waals surface area contributed by atoms with Crippen molar-refractivity contribution < 1.29 is 14.3 Å². The van der Waals surface area contributed by atoms with E-state index in [1.165, 1.54) is 18.2 Å². The van der Waals surface area contributed by atoms with Gasteiger partial charge in [-0.25, -0.2) is 4.79 Å². The maximum Gasteiger partial charge on any atom is 0.411 e. The minimum atomic E-state index is -0.600. The number of amides is 2. The summed E-state index contributed by atoms with van der Waals surface area (Å²) >= 11 is 0. The molecule has 0 aliphatic heterocycles. The Morgan fingerprint density at radius 1 is 1.12 bits per heavy atom. The SMILES string of the molecule is C/C=C(\C=C/CC)COC(=O)Nc1cccc(C(=N)c2cc(C(N)=O)ccc2N)c1.CC. The van der Waals surface area contributed by atoms with Crippen molar-refractivity contribution in [3.63, 3.8) is 0 Å². The molecule has 2 amide bonds. The third kappa shape index (κ3) is 7.75. The Kier molecular flexibility index (Phi) is 11.0. The van der Waals surface area contributed by atoms with Crippen molar-refractivity contribution in [3.8, 4) is 0 Å². The van der Waals surface area contributed by atoms with E-state index in [0.717, 1.165) is 12.0 Å². The van der Waals surface area contributed by atoms with Gasteiger partial charge in [-0.1, -0.05) is 51.1 Å². The Morgan fingerprint density at radius 3 is 2.47 bits per heavy atom. The largest absolute Gasteiger partial charge is 0.444 e. The summed E-state index contributed by atoms with van der Waals surface area (Å²) in [6.07, 6.45) is 6.09. The van der Waals surface area contributed by atoms with Crippen LogP contribution in [0.2, 0.25) is 0 Å². The van der Waals surface area contributed by atoms with Crippen LogP contribution in [0.4, 0.5) is 16.2 Å². The molecule has 0 aliphatic rings. The Labute approximate surface area is 189 Å². The lowest BCUT2D eigenvalue weighted by Gasteiger charge is -2.12. The fraction of sp³-hybridized carbons (Fsp3) is 0.240. The van der Waals surface area contributed by atoms with Gasteiger partial charge in [0.1, 0.15) is 6.61 Å². The van der Waals surface area contributed by atoms with E-state index >= 15 is 0 Å². The quantitative estimate of drug-likeness (QED) is 0.255. The molecular formula is C25H32N4O3. The smallest absolute Gasteiger partial charge is 0.411 e. The first-order valence-electron chi connectivity index (χ1n) is 10.5. The second kappa shape index (κ2) is 13.4. The molecule has 0 fully saturated rings. The molecule has 0 spiro atoms. The highest BCUT2D eigenvalue weighted by Crippen LogP contribution is 2.20. The predicted molar refractivity (Wildman–Crippen MR) is 131 cm³/mol. The minimum Gasteiger partial charge on any atom is -0.444 e. The number of carbonyl (C=O) groups is 2. The molecule has 32 heavy (non-hydrogen) atoms. The highest BCUT2D eigenvalue weighted by atomic mass is 16.5. The van der Waals surface area contributed by atoms with Crippen molar-refractivity contribution in [3.05, 3.63) is 83.0 Å². The number of anilines is 2. The van der Waals surface area contributed by atoms with Gasteiger partial charge in [0, 0.05) is 28.1 Å². The number of nitrogen functional groups attached to an aromatic ring is 1. The van der Waals surface area contributed by atoms with Gasteiger partial charge in [-0.05, 0) is 49.2 Å². The van der Waals surface area contributed by atoms with E-state index in [4.69, 9.17) is 21.6 Å². The zero-order valence-corrected chi connectivity index (χ0v) is 19.1. The van der Waals surface area contributed by atoms with Crippen LogP contribution in [0.25, 0.3) is 0 Å². The van der Waals surface area contributed by atoms with Gasteiger partial charge in [-0.3, -0.25) is 15.5 Å². The van der Waals surface area contributed by atoms with Crippen molar-refractivity contribution in [1.82, 2.24) is 0 Å². The van der Waals surface area contributed by atoms with Gasteiger partial charge in [-0.2, -0.15) is 0 Å². The number of benzene rings is 2. The molecule has 0 aromatic heterocycles. The summed E-state index contributed by atoms with van der Waals surface area (Å²) in [7, 11) is 0. The first-order chi connectivity index (χ1) is 15.3. The molecule has 0 unspecified atom stereocenters. The molecule has 7 nitrogen and oxygen atoms in total. The van der Waals surface area contributed by atoms with Crippen molar-refractivity contribution >= 4 is 29.1 Å². The van der Waals surface area contributed by atoms with Gasteiger partial charge in [-0.15, -0.1) is 0 Å². The Bertz CT molecular complexity index is 1010. The fourth-order valence-corrected chi connectivity index (χ4v) is 2.63. The molecule has 0 saturated heterocycles. The monoisotopic (exact) mass is 436 g/mol. The molecular weight excluding hydrogens is 404 g/mol.